The van der Waals surface area contributed by atoms with Gasteiger partial charge in [0, 0.05) is 42.1 Å². The standard InChI is InChI=1S/C27H23FN6S/c1-16-12-19(21-8-10-30-15-22(21)28)13-17(2)25(16)35-26-24-23(9-11-34(24)3)32-27(33-26)31-20-6-4-18(14-29)5-7-20/h4-9,11-13,15,30H,10H2,1-3H3,(H,31,32,33). The summed E-state index contributed by atoms with van der Waals surface area (Å²) >= 11 is 1.58. The maximum absolute atomic E-state index is 14.4. The molecule has 0 saturated carbocycles. The Morgan fingerprint density at radius 1 is 1.11 bits per heavy atom. The molecule has 0 spiro atoms. The van der Waals surface area contributed by atoms with Crippen LogP contribution in [0.4, 0.5) is 16.0 Å². The highest BCUT2D eigenvalue weighted by atomic mass is 32.2. The highest BCUT2D eigenvalue weighted by Crippen LogP contribution is 2.39. The Labute approximate surface area is 207 Å². The van der Waals surface area contributed by atoms with Gasteiger partial charge in [-0.1, -0.05) is 30.0 Å². The largest absolute Gasteiger partial charge is 0.385 e. The van der Waals surface area contributed by atoms with Crippen LogP contribution >= 0.6 is 11.8 Å². The van der Waals surface area contributed by atoms with Crippen molar-refractivity contribution in [3.8, 4) is 6.07 Å². The van der Waals surface area contributed by atoms with E-state index in [-0.39, 0.29) is 5.83 Å². The summed E-state index contributed by atoms with van der Waals surface area (Å²) in [5.41, 5.74) is 6.77. The zero-order valence-electron chi connectivity index (χ0n) is 19.6. The highest BCUT2D eigenvalue weighted by Gasteiger charge is 2.18. The molecule has 0 unspecified atom stereocenters. The minimum Gasteiger partial charge on any atom is -0.385 e. The summed E-state index contributed by atoms with van der Waals surface area (Å²) in [5, 5.41) is 16.0. The molecule has 5 rings (SSSR count). The Hall–Kier alpha value is -4.09. The summed E-state index contributed by atoms with van der Waals surface area (Å²) in [5.74, 6) is 0.227. The van der Waals surface area contributed by atoms with Crippen LogP contribution in [-0.2, 0) is 7.05 Å². The molecule has 2 aromatic carbocycles. The fourth-order valence-electron chi connectivity index (χ4n) is 4.14. The molecular weight excluding hydrogens is 459 g/mol. The van der Waals surface area contributed by atoms with E-state index in [9.17, 15) is 4.39 Å². The molecule has 1 aliphatic rings. The summed E-state index contributed by atoms with van der Waals surface area (Å²) in [7, 11) is 1.98. The van der Waals surface area contributed by atoms with Crippen LogP contribution in [0.5, 0.6) is 0 Å². The van der Waals surface area contributed by atoms with Crippen LogP contribution < -0.4 is 10.6 Å². The van der Waals surface area contributed by atoms with E-state index < -0.39 is 0 Å². The molecular formula is C27H23FN6S. The van der Waals surface area contributed by atoms with Crippen molar-refractivity contribution in [2.24, 2.45) is 7.05 Å². The minimum atomic E-state index is -0.254. The molecule has 0 amide bonds. The number of nitrogens with zero attached hydrogens (tertiary/aromatic N) is 4. The van der Waals surface area contributed by atoms with Crippen LogP contribution in [0.2, 0.25) is 0 Å². The van der Waals surface area contributed by atoms with Crippen LogP contribution in [0.1, 0.15) is 22.3 Å². The first-order valence-corrected chi connectivity index (χ1v) is 11.9. The van der Waals surface area contributed by atoms with E-state index in [0.717, 1.165) is 43.3 Å². The minimum absolute atomic E-state index is 0.254. The van der Waals surface area contributed by atoms with Gasteiger partial charge in [0.25, 0.3) is 0 Å². The number of nitrogens with one attached hydrogen (secondary N) is 2. The maximum atomic E-state index is 14.4. The Kier molecular flexibility index (Phi) is 6.01. The molecule has 4 aromatic rings. The van der Waals surface area contributed by atoms with Gasteiger partial charge in [-0.05, 0) is 60.9 Å². The number of allylic oxidation sites excluding steroid dienone is 2. The predicted molar refractivity (Wildman–Crippen MR) is 138 cm³/mol. The van der Waals surface area contributed by atoms with Gasteiger partial charge in [0.2, 0.25) is 5.95 Å². The summed E-state index contributed by atoms with van der Waals surface area (Å²) < 4.78 is 16.4. The fourth-order valence-corrected chi connectivity index (χ4v) is 5.25. The third-order valence-electron chi connectivity index (χ3n) is 5.84. The van der Waals surface area contributed by atoms with Gasteiger partial charge >= 0.3 is 0 Å². The number of nitriles is 1. The average Bonchev–Trinajstić information content (AvgIpc) is 3.22. The zero-order chi connectivity index (χ0) is 24.5. The lowest BCUT2D eigenvalue weighted by molar-refractivity contribution is 0.655. The van der Waals surface area contributed by atoms with E-state index in [4.69, 9.17) is 10.2 Å². The Bertz CT molecular complexity index is 1520. The van der Waals surface area contributed by atoms with Crippen LogP contribution in [0.3, 0.4) is 0 Å². The normalized spacial score (nSPS) is 13.1. The summed E-state index contributed by atoms with van der Waals surface area (Å²) in [6.07, 6.45) is 5.25. The first-order chi connectivity index (χ1) is 16.9. The van der Waals surface area contributed by atoms with E-state index in [1.54, 1.807) is 23.9 Å². The van der Waals surface area contributed by atoms with Gasteiger partial charge in [0.15, 0.2) is 0 Å². The monoisotopic (exact) mass is 482 g/mol. The molecule has 3 heterocycles. The number of rotatable bonds is 5. The lowest BCUT2D eigenvalue weighted by Crippen LogP contribution is -2.11. The van der Waals surface area contributed by atoms with Crippen molar-refractivity contribution in [1.29, 1.82) is 5.26 Å². The third kappa shape index (κ3) is 4.51. The number of fused-ring (bicyclic) bond motifs is 1. The molecule has 0 radical (unpaired) electrons. The van der Waals surface area contributed by atoms with Gasteiger partial charge in [0.1, 0.15) is 10.9 Å². The van der Waals surface area contributed by atoms with Crippen LogP contribution in [-0.4, -0.2) is 21.1 Å². The van der Waals surface area contributed by atoms with E-state index in [1.165, 1.54) is 6.20 Å². The first-order valence-electron chi connectivity index (χ1n) is 11.1. The second-order valence-corrected chi connectivity index (χ2v) is 9.39. The van der Waals surface area contributed by atoms with E-state index in [0.29, 0.717) is 23.6 Å². The molecule has 2 aromatic heterocycles. The Morgan fingerprint density at radius 3 is 2.54 bits per heavy atom. The number of aryl methyl sites for hydroxylation is 3. The Morgan fingerprint density at radius 2 is 1.86 bits per heavy atom. The predicted octanol–water partition coefficient (Wildman–Crippen LogP) is 6.15. The molecule has 35 heavy (non-hydrogen) atoms. The Balaban J connectivity index is 1.52. The second kappa shape index (κ2) is 9.28. The topological polar surface area (TPSA) is 78.6 Å². The van der Waals surface area contributed by atoms with Gasteiger partial charge in [0.05, 0.1) is 22.7 Å². The fraction of sp³-hybridized carbons (Fsp3) is 0.148. The first kappa shape index (κ1) is 22.7. The van der Waals surface area contributed by atoms with Gasteiger partial charge < -0.3 is 15.2 Å². The van der Waals surface area contributed by atoms with Crippen molar-refractivity contribution in [2.45, 2.75) is 23.8 Å². The van der Waals surface area contributed by atoms with Crippen molar-refractivity contribution < 1.29 is 4.39 Å². The van der Waals surface area contributed by atoms with Crippen molar-refractivity contribution in [3.63, 3.8) is 0 Å². The van der Waals surface area contributed by atoms with Gasteiger partial charge in [-0.15, -0.1) is 0 Å². The second-order valence-electron chi connectivity index (χ2n) is 8.39. The summed E-state index contributed by atoms with van der Waals surface area (Å²) in [4.78, 5) is 10.6. The van der Waals surface area contributed by atoms with Crippen molar-refractivity contribution in [3.05, 3.63) is 89.0 Å². The molecule has 6 nitrogen and oxygen atoms in total. The SMILES string of the molecule is Cc1cc(C2=CCNC=C2F)cc(C)c1Sc1nc(Nc2ccc(C#N)cc2)nc2ccn(C)c12. The quantitative estimate of drug-likeness (QED) is 0.332. The van der Waals surface area contributed by atoms with Gasteiger partial charge in [-0.3, -0.25) is 0 Å². The van der Waals surface area contributed by atoms with Crippen molar-refractivity contribution in [2.75, 3.05) is 11.9 Å². The lowest BCUT2D eigenvalue weighted by Gasteiger charge is -2.16. The number of hydrogen-bond acceptors (Lipinski definition) is 6. The van der Waals surface area contributed by atoms with Crippen LogP contribution in [0, 0.1) is 25.2 Å². The molecule has 0 atom stereocenters. The number of aromatic nitrogens is 3. The van der Waals surface area contributed by atoms with Crippen molar-refractivity contribution >= 4 is 40.0 Å². The van der Waals surface area contributed by atoms with Gasteiger partial charge in [-0.2, -0.15) is 5.26 Å². The molecule has 0 fully saturated rings. The third-order valence-corrected chi connectivity index (χ3v) is 7.16. The van der Waals surface area contributed by atoms with E-state index in [2.05, 4.69) is 21.7 Å². The smallest absolute Gasteiger partial charge is 0.228 e. The van der Waals surface area contributed by atoms with E-state index in [1.807, 2.05) is 68.1 Å². The lowest BCUT2D eigenvalue weighted by atomic mass is 9.98. The average molecular weight is 483 g/mol. The maximum Gasteiger partial charge on any atom is 0.228 e. The molecule has 2 N–H and O–H groups in total. The zero-order valence-corrected chi connectivity index (χ0v) is 20.4. The molecule has 0 bridgehead atoms. The molecule has 1 aliphatic heterocycles. The van der Waals surface area contributed by atoms with Crippen LogP contribution in [0.25, 0.3) is 16.6 Å². The summed E-state index contributed by atoms with van der Waals surface area (Å²) in [6.45, 7) is 4.70. The number of halogens is 1. The van der Waals surface area contributed by atoms with Gasteiger partial charge in [-0.25, -0.2) is 14.4 Å². The number of anilines is 2. The van der Waals surface area contributed by atoms with Crippen LogP contribution in [0.15, 0.2) is 76.7 Å². The summed E-state index contributed by atoms with van der Waals surface area (Å²) in [6, 6.07) is 15.3. The molecule has 0 aliphatic carbocycles. The van der Waals surface area contributed by atoms with E-state index >= 15 is 0 Å². The molecule has 174 valence electrons. The molecule has 0 saturated heterocycles. The number of dihydropyridines is 1. The number of hydrogen-bond donors (Lipinski definition) is 2. The van der Waals surface area contributed by atoms with Crippen molar-refractivity contribution in [1.82, 2.24) is 19.9 Å². The highest BCUT2D eigenvalue weighted by molar-refractivity contribution is 7.99. The number of benzene rings is 2. The molecule has 8 heteroatoms.